The van der Waals surface area contributed by atoms with E-state index in [0.29, 0.717) is 16.7 Å². The van der Waals surface area contributed by atoms with Crippen LogP contribution in [0, 0.1) is 5.92 Å². The van der Waals surface area contributed by atoms with Crippen LogP contribution in [0.2, 0.25) is 0 Å². The smallest absolute Gasteiger partial charge is 0.300 e. The van der Waals surface area contributed by atoms with Crippen molar-refractivity contribution < 1.29 is 4.79 Å². The zero-order valence-electron chi connectivity index (χ0n) is 15.1. The summed E-state index contributed by atoms with van der Waals surface area (Å²) in [7, 11) is 0. The molecule has 9 heteroatoms. The van der Waals surface area contributed by atoms with Crippen molar-refractivity contribution >= 4 is 28.6 Å². The molecule has 0 bridgehead atoms. The van der Waals surface area contributed by atoms with Crippen molar-refractivity contribution in [2.75, 3.05) is 5.73 Å². The quantitative estimate of drug-likeness (QED) is 0.558. The fourth-order valence-corrected chi connectivity index (χ4v) is 2.13. The average Bonchev–Trinajstić information content (AvgIpc) is 2.88. The second kappa shape index (κ2) is 6.50. The highest BCUT2D eigenvalue weighted by molar-refractivity contribution is 6.12. The van der Waals surface area contributed by atoms with Gasteiger partial charge in [0.25, 0.3) is 5.91 Å². The van der Waals surface area contributed by atoms with Crippen LogP contribution >= 0.6 is 0 Å². The molecular weight excluding hydrogens is 320 g/mol. The molecule has 2 heterocycles. The zero-order chi connectivity index (χ0) is 18.9. The SMILES string of the molecule is CC(C)C(N)=CC(N)=NC(=O)c1nn(C(C)(C)C)c2ncnc(N)c12. The Bertz CT molecular complexity index is 870. The van der Waals surface area contributed by atoms with E-state index in [2.05, 4.69) is 20.1 Å². The molecule has 0 saturated carbocycles. The van der Waals surface area contributed by atoms with Crippen LogP contribution in [0.3, 0.4) is 0 Å². The number of rotatable bonds is 3. The summed E-state index contributed by atoms with van der Waals surface area (Å²) in [5, 5.41) is 4.72. The lowest BCUT2D eigenvalue weighted by Gasteiger charge is -2.19. The number of allylic oxidation sites excluding steroid dienone is 1. The Hall–Kier alpha value is -2.97. The number of amides is 1. The lowest BCUT2D eigenvalue weighted by molar-refractivity contribution is 0.0998. The van der Waals surface area contributed by atoms with Crippen molar-refractivity contribution in [3.05, 3.63) is 23.8 Å². The molecular formula is C16H24N8O. The summed E-state index contributed by atoms with van der Waals surface area (Å²) < 4.78 is 1.62. The summed E-state index contributed by atoms with van der Waals surface area (Å²) in [5.74, 6) is -0.367. The monoisotopic (exact) mass is 344 g/mol. The maximum Gasteiger partial charge on any atom is 0.300 e. The second-order valence-electron chi connectivity index (χ2n) is 7.03. The number of fused-ring (bicyclic) bond motifs is 1. The predicted octanol–water partition coefficient (Wildman–Crippen LogP) is 1.16. The van der Waals surface area contributed by atoms with Crippen LogP contribution in [0.4, 0.5) is 5.82 Å². The topological polar surface area (TPSA) is 151 Å². The first-order chi connectivity index (χ1) is 11.5. The number of nitrogens with zero attached hydrogens (tertiary/aromatic N) is 5. The third kappa shape index (κ3) is 3.76. The van der Waals surface area contributed by atoms with Gasteiger partial charge in [-0.3, -0.25) is 4.79 Å². The summed E-state index contributed by atoms with van der Waals surface area (Å²) in [4.78, 5) is 24.6. The molecule has 0 aromatic carbocycles. The van der Waals surface area contributed by atoms with Gasteiger partial charge in [-0.05, 0) is 32.8 Å². The minimum Gasteiger partial charge on any atom is -0.402 e. The molecule has 1 amide bonds. The molecule has 25 heavy (non-hydrogen) atoms. The summed E-state index contributed by atoms with van der Waals surface area (Å²) >= 11 is 0. The maximum absolute atomic E-state index is 12.6. The molecule has 2 aromatic heterocycles. The average molecular weight is 344 g/mol. The van der Waals surface area contributed by atoms with Crippen molar-refractivity contribution in [2.45, 2.75) is 40.2 Å². The minimum absolute atomic E-state index is 0.00470. The lowest BCUT2D eigenvalue weighted by Crippen LogP contribution is -2.24. The van der Waals surface area contributed by atoms with Gasteiger partial charge in [-0.15, -0.1) is 0 Å². The first-order valence-electron chi connectivity index (χ1n) is 7.87. The van der Waals surface area contributed by atoms with Gasteiger partial charge in [0.15, 0.2) is 11.3 Å². The van der Waals surface area contributed by atoms with E-state index >= 15 is 0 Å². The van der Waals surface area contributed by atoms with Crippen LogP contribution in [0.1, 0.15) is 45.1 Å². The third-order valence-electron chi connectivity index (χ3n) is 3.54. The van der Waals surface area contributed by atoms with Crippen LogP contribution in [-0.4, -0.2) is 31.5 Å². The van der Waals surface area contributed by atoms with E-state index in [1.54, 1.807) is 4.68 Å². The van der Waals surface area contributed by atoms with Crippen LogP contribution in [0.25, 0.3) is 11.0 Å². The summed E-state index contributed by atoms with van der Waals surface area (Å²) in [5.41, 5.74) is 18.2. The Kier molecular flexibility index (Phi) is 4.78. The fraction of sp³-hybridized carbons (Fsp3) is 0.438. The Balaban J connectivity index is 2.58. The number of hydrogen-bond acceptors (Lipinski definition) is 6. The van der Waals surface area contributed by atoms with Gasteiger partial charge in [0.1, 0.15) is 18.0 Å². The molecule has 0 unspecified atom stereocenters. The van der Waals surface area contributed by atoms with E-state index < -0.39 is 11.4 Å². The Morgan fingerprint density at radius 3 is 2.48 bits per heavy atom. The molecule has 0 atom stereocenters. The molecule has 0 aliphatic rings. The normalized spacial score (nSPS) is 13.7. The Morgan fingerprint density at radius 2 is 1.92 bits per heavy atom. The number of hydrogen-bond donors (Lipinski definition) is 3. The molecule has 2 rings (SSSR count). The molecule has 9 nitrogen and oxygen atoms in total. The molecule has 0 radical (unpaired) electrons. The van der Waals surface area contributed by atoms with Crippen molar-refractivity contribution in [3.8, 4) is 0 Å². The van der Waals surface area contributed by atoms with Crippen LogP contribution in [0.15, 0.2) is 23.1 Å². The predicted molar refractivity (Wildman–Crippen MR) is 97.8 cm³/mol. The molecule has 0 spiro atoms. The largest absolute Gasteiger partial charge is 0.402 e. The van der Waals surface area contributed by atoms with Crippen molar-refractivity contribution in [3.63, 3.8) is 0 Å². The van der Waals surface area contributed by atoms with E-state index in [1.807, 2.05) is 34.6 Å². The van der Waals surface area contributed by atoms with Crippen LogP contribution in [-0.2, 0) is 5.54 Å². The van der Waals surface area contributed by atoms with E-state index in [9.17, 15) is 4.79 Å². The molecule has 0 aliphatic heterocycles. The highest BCUT2D eigenvalue weighted by Gasteiger charge is 2.26. The molecule has 0 saturated heterocycles. The first kappa shape index (κ1) is 18.4. The van der Waals surface area contributed by atoms with Gasteiger partial charge in [0.05, 0.1) is 10.9 Å². The summed E-state index contributed by atoms with van der Waals surface area (Å²) in [6, 6.07) is 0. The lowest BCUT2D eigenvalue weighted by atomic mass is 10.1. The van der Waals surface area contributed by atoms with Gasteiger partial charge in [-0.25, -0.2) is 14.6 Å². The maximum atomic E-state index is 12.6. The van der Waals surface area contributed by atoms with Crippen molar-refractivity contribution in [1.29, 1.82) is 0 Å². The van der Waals surface area contributed by atoms with E-state index in [1.165, 1.54) is 12.4 Å². The highest BCUT2D eigenvalue weighted by Crippen LogP contribution is 2.26. The summed E-state index contributed by atoms with van der Waals surface area (Å²) in [6.45, 7) is 9.65. The van der Waals surface area contributed by atoms with Gasteiger partial charge >= 0.3 is 0 Å². The molecule has 2 aromatic rings. The number of amidine groups is 1. The Morgan fingerprint density at radius 1 is 1.28 bits per heavy atom. The third-order valence-corrected chi connectivity index (χ3v) is 3.54. The number of nitrogens with two attached hydrogens (primary N) is 3. The number of aromatic nitrogens is 4. The molecule has 6 N–H and O–H groups in total. The second-order valence-corrected chi connectivity index (χ2v) is 7.03. The van der Waals surface area contributed by atoms with Gasteiger partial charge in [0, 0.05) is 5.70 Å². The Labute approximate surface area is 146 Å². The van der Waals surface area contributed by atoms with Crippen molar-refractivity contribution in [1.82, 2.24) is 19.7 Å². The number of anilines is 1. The van der Waals surface area contributed by atoms with Crippen LogP contribution < -0.4 is 17.2 Å². The van der Waals surface area contributed by atoms with Crippen LogP contribution in [0.5, 0.6) is 0 Å². The zero-order valence-corrected chi connectivity index (χ0v) is 15.1. The fourth-order valence-electron chi connectivity index (χ4n) is 2.13. The molecule has 0 fully saturated rings. The standard InChI is InChI=1S/C16H24N8O/c1-8(2)9(17)6-10(18)22-15(25)12-11-13(19)20-7-21-14(11)24(23-12)16(3,4)5/h6-8H,17H2,1-5H3,(H2,18,22,25)(H2,19,20,21). The van der Waals surface area contributed by atoms with E-state index in [4.69, 9.17) is 17.2 Å². The van der Waals surface area contributed by atoms with Crippen molar-refractivity contribution in [2.24, 2.45) is 22.4 Å². The first-order valence-corrected chi connectivity index (χ1v) is 7.87. The summed E-state index contributed by atoms with van der Waals surface area (Å²) in [6.07, 6.45) is 2.80. The van der Waals surface area contributed by atoms with Gasteiger partial charge in [-0.1, -0.05) is 13.8 Å². The minimum atomic E-state index is -0.625. The molecule has 0 aliphatic carbocycles. The van der Waals surface area contributed by atoms with E-state index in [-0.39, 0.29) is 23.3 Å². The number of nitrogen functional groups attached to an aromatic ring is 1. The number of carbonyl (C=O) groups excluding carboxylic acids is 1. The highest BCUT2D eigenvalue weighted by atomic mass is 16.1. The van der Waals surface area contributed by atoms with E-state index in [0.717, 1.165) is 0 Å². The van der Waals surface area contributed by atoms with Gasteiger partial charge < -0.3 is 17.2 Å². The van der Waals surface area contributed by atoms with Gasteiger partial charge in [0.2, 0.25) is 0 Å². The van der Waals surface area contributed by atoms with Gasteiger partial charge in [-0.2, -0.15) is 10.1 Å². The number of aliphatic imine (C=N–C) groups is 1. The molecule has 134 valence electrons. The number of carbonyl (C=O) groups is 1.